The molecule has 24 heavy (non-hydrogen) atoms. The van der Waals surface area contributed by atoms with Gasteiger partial charge in [-0.25, -0.2) is 0 Å². The largest absolute Gasteiger partial charge is 0.352 e. The van der Waals surface area contributed by atoms with Gasteiger partial charge in [0, 0.05) is 37.7 Å². The van der Waals surface area contributed by atoms with Crippen molar-refractivity contribution < 1.29 is 9.59 Å². The predicted molar refractivity (Wildman–Crippen MR) is 94.7 cm³/mol. The highest BCUT2D eigenvalue weighted by molar-refractivity contribution is 5.98. The minimum atomic E-state index is -0.144. The van der Waals surface area contributed by atoms with E-state index in [1.54, 1.807) is 0 Å². The number of amides is 2. The Kier molecular flexibility index (Phi) is 5.11. The number of hydrogen-bond donors (Lipinski definition) is 2. The van der Waals surface area contributed by atoms with Gasteiger partial charge in [0.25, 0.3) is 5.91 Å². The fourth-order valence-corrected chi connectivity index (χ4v) is 3.02. The van der Waals surface area contributed by atoms with Gasteiger partial charge in [0.1, 0.15) is 0 Å². The normalized spacial score (nSPS) is 15.5. The summed E-state index contributed by atoms with van der Waals surface area (Å²) in [6, 6.07) is 13.8. The van der Waals surface area contributed by atoms with Crippen molar-refractivity contribution in [2.45, 2.75) is 25.3 Å². The van der Waals surface area contributed by atoms with Gasteiger partial charge < -0.3 is 16.0 Å². The molecular weight excluding hydrogens is 302 g/mol. The maximum atomic E-state index is 12.2. The van der Waals surface area contributed by atoms with Crippen molar-refractivity contribution in [3.05, 3.63) is 48.0 Å². The first-order valence-corrected chi connectivity index (χ1v) is 8.44. The van der Waals surface area contributed by atoms with Gasteiger partial charge in [-0.1, -0.05) is 30.3 Å². The third-order valence-electron chi connectivity index (χ3n) is 4.53. The Morgan fingerprint density at radius 3 is 2.54 bits per heavy atom. The molecule has 5 heteroatoms. The number of benzene rings is 2. The van der Waals surface area contributed by atoms with E-state index in [4.69, 9.17) is 5.73 Å². The van der Waals surface area contributed by atoms with Crippen molar-refractivity contribution in [2.75, 3.05) is 19.6 Å². The molecular formula is C19H23N3O2. The fourth-order valence-electron chi connectivity index (χ4n) is 3.02. The Morgan fingerprint density at radius 1 is 1.08 bits per heavy atom. The SMILES string of the molecule is NC1CCN(C(=O)CCNC(=O)c2ccc3ccccc3c2)CC1. The fraction of sp³-hybridized carbons (Fsp3) is 0.368. The lowest BCUT2D eigenvalue weighted by Crippen LogP contribution is -2.43. The number of carbonyl (C=O) groups excluding carboxylic acids is 2. The molecule has 0 atom stereocenters. The van der Waals surface area contributed by atoms with Gasteiger partial charge in [-0.15, -0.1) is 0 Å². The second-order valence-corrected chi connectivity index (χ2v) is 6.29. The van der Waals surface area contributed by atoms with Crippen LogP contribution in [0.3, 0.4) is 0 Å². The average molecular weight is 325 g/mol. The third-order valence-corrected chi connectivity index (χ3v) is 4.53. The topological polar surface area (TPSA) is 75.4 Å². The van der Waals surface area contributed by atoms with E-state index >= 15 is 0 Å². The van der Waals surface area contributed by atoms with E-state index in [1.165, 1.54) is 0 Å². The molecule has 0 spiro atoms. The lowest BCUT2D eigenvalue weighted by Gasteiger charge is -2.30. The van der Waals surface area contributed by atoms with E-state index in [1.807, 2.05) is 47.4 Å². The summed E-state index contributed by atoms with van der Waals surface area (Å²) in [5, 5.41) is 4.97. The summed E-state index contributed by atoms with van der Waals surface area (Å²) in [5.41, 5.74) is 6.46. The van der Waals surface area contributed by atoms with Crippen LogP contribution in [0, 0.1) is 0 Å². The van der Waals surface area contributed by atoms with Gasteiger partial charge in [-0.05, 0) is 35.7 Å². The highest BCUT2D eigenvalue weighted by Gasteiger charge is 2.20. The van der Waals surface area contributed by atoms with E-state index < -0.39 is 0 Å². The molecule has 3 rings (SSSR count). The van der Waals surface area contributed by atoms with Crippen LogP contribution in [0.25, 0.3) is 10.8 Å². The molecule has 5 nitrogen and oxygen atoms in total. The van der Waals surface area contributed by atoms with Crippen LogP contribution in [0.1, 0.15) is 29.6 Å². The van der Waals surface area contributed by atoms with Crippen LogP contribution in [-0.4, -0.2) is 42.4 Å². The third kappa shape index (κ3) is 3.92. The Hall–Kier alpha value is -2.40. The molecule has 1 heterocycles. The van der Waals surface area contributed by atoms with Crippen LogP contribution >= 0.6 is 0 Å². The van der Waals surface area contributed by atoms with Crippen molar-refractivity contribution in [3.63, 3.8) is 0 Å². The maximum Gasteiger partial charge on any atom is 0.251 e. The Balaban J connectivity index is 1.50. The van der Waals surface area contributed by atoms with E-state index in [9.17, 15) is 9.59 Å². The molecule has 0 saturated carbocycles. The molecule has 2 amide bonds. The van der Waals surface area contributed by atoms with Crippen molar-refractivity contribution in [3.8, 4) is 0 Å². The first-order chi connectivity index (χ1) is 11.6. The van der Waals surface area contributed by atoms with Crippen LogP contribution in [0.15, 0.2) is 42.5 Å². The lowest BCUT2D eigenvalue weighted by molar-refractivity contribution is -0.132. The number of nitrogens with two attached hydrogens (primary N) is 1. The molecule has 0 unspecified atom stereocenters. The average Bonchev–Trinajstić information content (AvgIpc) is 2.61. The monoisotopic (exact) mass is 325 g/mol. The van der Waals surface area contributed by atoms with Gasteiger partial charge in [-0.3, -0.25) is 9.59 Å². The molecule has 0 aliphatic carbocycles. The van der Waals surface area contributed by atoms with E-state index in [2.05, 4.69) is 5.32 Å². The molecule has 0 bridgehead atoms. The summed E-state index contributed by atoms with van der Waals surface area (Å²) >= 11 is 0. The van der Waals surface area contributed by atoms with E-state index in [-0.39, 0.29) is 17.9 Å². The molecule has 0 radical (unpaired) electrons. The summed E-state index contributed by atoms with van der Waals surface area (Å²) in [5.74, 6) is -0.0602. The zero-order valence-electron chi connectivity index (χ0n) is 13.7. The van der Waals surface area contributed by atoms with Gasteiger partial charge in [0.15, 0.2) is 0 Å². The number of piperidine rings is 1. The number of carbonyl (C=O) groups is 2. The molecule has 126 valence electrons. The first-order valence-electron chi connectivity index (χ1n) is 8.44. The zero-order valence-corrected chi connectivity index (χ0v) is 13.7. The van der Waals surface area contributed by atoms with Crippen molar-refractivity contribution >= 4 is 22.6 Å². The number of rotatable bonds is 4. The number of nitrogens with one attached hydrogen (secondary N) is 1. The summed E-state index contributed by atoms with van der Waals surface area (Å²) in [7, 11) is 0. The van der Waals surface area contributed by atoms with Crippen LogP contribution in [0.5, 0.6) is 0 Å². The molecule has 1 aliphatic heterocycles. The lowest BCUT2D eigenvalue weighted by atomic mass is 10.1. The maximum absolute atomic E-state index is 12.2. The minimum absolute atomic E-state index is 0.0840. The summed E-state index contributed by atoms with van der Waals surface area (Å²) in [6.45, 7) is 1.80. The number of fused-ring (bicyclic) bond motifs is 1. The number of nitrogens with zero attached hydrogens (tertiary/aromatic N) is 1. The Bertz CT molecular complexity index is 736. The minimum Gasteiger partial charge on any atom is -0.352 e. The van der Waals surface area contributed by atoms with Crippen LogP contribution in [0.4, 0.5) is 0 Å². The second-order valence-electron chi connectivity index (χ2n) is 6.29. The Labute approximate surface area is 141 Å². The molecule has 0 aromatic heterocycles. The number of likely N-dealkylation sites (tertiary alicyclic amines) is 1. The van der Waals surface area contributed by atoms with Gasteiger partial charge >= 0.3 is 0 Å². The van der Waals surface area contributed by atoms with Gasteiger partial charge in [0.05, 0.1) is 0 Å². The quantitative estimate of drug-likeness (QED) is 0.901. The van der Waals surface area contributed by atoms with Crippen LogP contribution in [0.2, 0.25) is 0 Å². The molecule has 1 saturated heterocycles. The zero-order chi connectivity index (χ0) is 16.9. The van der Waals surface area contributed by atoms with Gasteiger partial charge in [-0.2, -0.15) is 0 Å². The second kappa shape index (κ2) is 7.45. The van der Waals surface area contributed by atoms with Crippen molar-refractivity contribution in [1.82, 2.24) is 10.2 Å². The smallest absolute Gasteiger partial charge is 0.251 e. The van der Waals surface area contributed by atoms with E-state index in [0.29, 0.717) is 18.5 Å². The molecule has 1 fully saturated rings. The Morgan fingerprint density at radius 2 is 1.79 bits per heavy atom. The van der Waals surface area contributed by atoms with Crippen LogP contribution in [-0.2, 0) is 4.79 Å². The molecule has 1 aliphatic rings. The predicted octanol–water partition coefficient (Wildman–Crippen LogP) is 1.91. The molecule has 2 aromatic carbocycles. The summed E-state index contributed by atoms with van der Waals surface area (Å²) in [4.78, 5) is 26.2. The van der Waals surface area contributed by atoms with E-state index in [0.717, 1.165) is 36.7 Å². The molecule has 2 aromatic rings. The first kappa shape index (κ1) is 16.5. The number of hydrogen-bond acceptors (Lipinski definition) is 3. The highest BCUT2D eigenvalue weighted by atomic mass is 16.2. The van der Waals surface area contributed by atoms with Crippen molar-refractivity contribution in [2.24, 2.45) is 5.73 Å². The summed E-state index contributed by atoms with van der Waals surface area (Å²) < 4.78 is 0. The molecule has 3 N–H and O–H groups in total. The van der Waals surface area contributed by atoms with Gasteiger partial charge in [0.2, 0.25) is 5.91 Å². The highest BCUT2D eigenvalue weighted by Crippen LogP contribution is 2.15. The van der Waals surface area contributed by atoms with Crippen LogP contribution < -0.4 is 11.1 Å². The summed E-state index contributed by atoms with van der Waals surface area (Å²) in [6.07, 6.45) is 2.04. The standard InChI is InChI=1S/C19H23N3O2/c20-17-8-11-22(12-9-17)18(23)7-10-21-19(24)16-6-5-14-3-1-2-4-15(14)13-16/h1-6,13,17H,7-12,20H2,(H,21,24). The van der Waals surface area contributed by atoms with Crippen molar-refractivity contribution in [1.29, 1.82) is 0 Å².